The molecule has 1 amide bonds. The van der Waals surface area contributed by atoms with E-state index >= 15 is 0 Å². The Balaban J connectivity index is 2.17. The molecule has 1 unspecified atom stereocenters. The Kier molecular flexibility index (Phi) is 1.16. The zero-order valence-corrected chi connectivity index (χ0v) is 7.24. The predicted molar refractivity (Wildman–Crippen MR) is 43.1 cm³/mol. The van der Waals surface area contributed by atoms with Crippen LogP contribution in [-0.2, 0) is 4.79 Å². The highest BCUT2D eigenvalue weighted by atomic mass is 16.1. The minimum Gasteiger partial charge on any atom is -0.356 e. The summed E-state index contributed by atoms with van der Waals surface area (Å²) >= 11 is 0. The summed E-state index contributed by atoms with van der Waals surface area (Å²) in [7, 11) is 0. The molecule has 2 nitrogen and oxygen atoms in total. The summed E-state index contributed by atoms with van der Waals surface area (Å²) in [6, 6.07) is 0. The summed E-state index contributed by atoms with van der Waals surface area (Å²) < 4.78 is 0. The minimum absolute atomic E-state index is 0.237. The maximum atomic E-state index is 11.0. The Hall–Kier alpha value is -0.530. The number of hydrogen-bond acceptors (Lipinski definition) is 1. The van der Waals surface area contributed by atoms with Crippen molar-refractivity contribution < 1.29 is 4.79 Å². The monoisotopic (exact) mass is 153 g/mol. The smallest absolute Gasteiger partial charge is 0.220 e. The first-order valence-corrected chi connectivity index (χ1v) is 4.33. The van der Waals surface area contributed by atoms with Gasteiger partial charge in [0.25, 0.3) is 0 Å². The van der Waals surface area contributed by atoms with Gasteiger partial charge in [-0.3, -0.25) is 4.79 Å². The molecule has 1 saturated heterocycles. The average molecular weight is 153 g/mol. The Labute approximate surface area is 67.4 Å². The fraction of sp³-hybridized carbons (Fsp3) is 0.889. The lowest BCUT2D eigenvalue weighted by Crippen LogP contribution is -2.29. The Morgan fingerprint density at radius 2 is 1.91 bits per heavy atom. The van der Waals surface area contributed by atoms with Crippen molar-refractivity contribution >= 4 is 5.91 Å². The molecular formula is C9H15NO. The van der Waals surface area contributed by atoms with Crippen LogP contribution in [-0.4, -0.2) is 12.5 Å². The van der Waals surface area contributed by atoms with Gasteiger partial charge in [-0.15, -0.1) is 0 Å². The molecule has 2 aliphatic rings. The zero-order valence-electron chi connectivity index (χ0n) is 7.24. The van der Waals surface area contributed by atoms with Gasteiger partial charge in [-0.05, 0) is 23.7 Å². The Bertz CT molecular complexity index is 208. The number of carbonyl (C=O) groups is 1. The highest BCUT2D eigenvalue weighted by Gasteiger charge is 2.55. The molecule has 1 heterocycles. The second kappa shape index (κ2) is 1.79. The first kappa shape index (κ1) is 7.14. The molecular weight excluding hydrogens is 138 g/mol. The number of hydrogen-bond donors (Lipinski definition) is 1. The quantitative estimate of drug-likeness (QED) is 0.604. The number of nitrogens with one attached hydrogen (secondary N) is 1. The maximum absolute atomic E-state index is 11.0. The van der Waals surface area contributed by atoms with E-state index in [0.717, 1.165) is 13.0 Å². The molecule has 2 heteroatoms. The molecule has 62 valence electrons. The lowest BCUT2D eigenvalue weighted by atomic mass is 9.74. The minimum atomic E-state index is 0.237. The fourth-order valence-electron chi connectivity index (χ4n) is 1.99. The molecule has 2 fully saturated rings. The molecule has 1 atom stereocenters. The van der Waals surface area contributed by atoms with Crippen LogP contribution in [0.1, 0.15) is 33.1 Å². The zero-order chi connectivity index (χ0) is 8.11. The van der Waals surface area contributed by atoms with Gasteiger partial charge in [-0.2, -0.15) is 0 Å². The van der Waals surface area contributed by atoms with Crippen LogP contribution in [0.4, 0.5) is 0 Å². The van der Waals surface area contributed by atoms with Crippen molar-refractivity contribution in [3.8, 4) is 0 Å². The summed E-state index contributed by atoms with van der Waals surface area (Å²) in [6.45, 7) is 5.42. The largest absolute Gasteiger partial charge is 0.356 e. The van der Waals surface area contributed by atoms with Crippen LogP contribution >= 0.6 is 0 Å². The van der Waals surface area contributed by atoms with E-state index < -0.39 is 0 Å². The summed E-state index contributed by atoms with van der Waals surface area (Å²) in [6.07, 6.45) is 3.35. The van der Waals surface area contributed by atoms with Crippen molar-refractivity contribution in [2.24, 2.45) is 10.8 Å². The molecule has 1 aliphatic heterocycles. The Morgan fingerprint density at radius 3 is 2.27 bits per heavy atom. The van der Waals surface area contributed by atoms with Crippen LogP contribution in [0.3, 0.4) is 0 Å². The van der Waals surface area contributed by atoms with Crippen molar-refractivity contribution in [1.29, 1.82) is 0 Å². The second-order valence-corrected chi connectivity index (χ2v) is 4.57. The summed E-state index contributed by atoms with van der Waals surface area (Å²) in [5, 5.41) is 2.92. The molecule has 1 N–H and O–H groups in total. The third-order valence-corrected chi connectivity index (χ3v) is 3.68. The van der Waals surface area contributed by atoms with Crippen molar-refractivity contribution in [3.63, 3.8) is 0 Å². The van der Waals surface area contributed by atoms with Crippen LogP contribution in [0.25, 0.3) is 0 Å². The normalized spacial score (nSPS) is 40.4. The third-order valence-electron chi connectivity index (χ3n) is 3.68. The van der Waals surface area contributed by atoms with Gasteiger partial charge in [-0.25, -0.2) is 0 Å². The van der Waals surface area contributed by atoms with Gasteiger partial charge in [-0.1, -0.05) is 13.8 Å². The van der Waals surface area contributed by atoms with E-state index in [4.69, 9.17) is 0 Å². The maximum Gasteiger partial charge on any atom is 0.220 e. The van der Waals surface area contributed by atoms with Gasteiger partial charge in [0.2, 0.25) is 5.91 Å². The summed E-state index contributed by atoms with van der Waals surface area (Å²) in [5.41, 5.74) is 0.718. The molecule has 2 rings (SSSR count). The summed E-state index contributed by atoms with van der Waals surface area (Å²) in [5.74, 6) is 0.237. The van der Waals surface area contributed by atoms with Gasteiger partial charge < -0.3 is 5.32 Å². The number of rotatable bonds is 1. The highest BCUT2D eigenvalue weighted by molar-refractivity contribution is 5.79. The van der Waals surface area contributed by atoms with Crippen molar-refractivity contribution in [3.05, 3.63) is 0 Å². The van der Waals surface area contributed by atoms with Crippen LogP contribution in [0, 0.1) is 10.8 Å². The van der Waals surface area contributed by atoms with Crippen LogP contribution < -0.4 is 5.32 Å². The van der Waals surface area contributed by atoms with Gasteiger partial charge in [0.15, 0.2) is 0 Å². The van der Waals surface area contributed by atoms with Gasteiger partial charge in [0.05, 0.1) is 0 Å². The van der Waals surface area contributed by atoms with Crippen molar-refractivity contribution in [2.45, 2.75) is 33.1 Å². The van der Waals surface area contributed by atoms with Gasteiger partial charge in [0.1, 0.15) is 0 Å². The van der Waals surface area contributed by atoms with E-state index in [0.29, 0.717) is 5.41 Å². The number of amides is 1. The highest BCUT2D eigenvalue weighted by Crippen LogP contribution is 2.60. The van der Waals surface area contributed by atoms with Crippen LogP contribution in [0.5, 0.6) is 0 Å². The molecule has 0 spiro atoms. The van der Waals surface area contributed by atoms with E-state index in [-0.39, 0.29) is 11.3 Å². The van der Waals surface area contributed by atoms with Crippen LogP contribution in [0.2, 0.25) is 0 Å². The van der Waals surface area contributed by atoms with E-state index in [1.54, 1.807) is 0 Å². The third kappa shape index (κ3) is 0.883. The molecule has 0 aromatic carbocycles. The average Bonchev–Trinajstić information content (AvgIpc) is 2.57. The van der Waals surface area contributed by atoms with E-state index in [1.165, 1.54) is 12.8 Å². The molecule has 0 bridgehead atoms. The molecule has 0 radical (unpaired) electrons. The Morgan fingerprint density at radius 1 is 1.27 bits per heavy atom. The van der Waals surface area contributed by atoms with E-state index in [9.17, 15) is 4.79 Å². The molecule has 0 aromatic heterocycles. The SMILES string of the molecule is CC1(C2(C)CNC(=O)C2)CC1. The van der Waals surface area contributed by atoms with Gasteiger partial charge in [0, 0.05) is 13.0 Å². The fourth-order valence-corrected chi connectivity index (χ4v) is 1.99. The first-order chi connectivity index (χ1) is 5.06. The first-order valence-electron chi connectivity index (χ1n) is 4.33. The van der Waals surface area contributed by atoms with Gasteiger partial charge >= 0.3 is 0 Å². The molecule has 11 heavy (non-hydrogen) atoms. The standard InChI is InChI=1S/C9H15NO/c1-8(3-4-8)9(2)5-7(11)10-6-9/h3-6H2,1-2H3,(H,10,11). The van der Waals surface area contributed by atoms with Crippen LogP contribution in [0.15, 0.2) is 0 Å². The lowest BCUT2D eigenvalue weighted by Gasteiger charge is -2.29. The molecule has 1 saturated carbocycles. The van der Waals surface area contributed by atoms with Crippen molar-refractivity contribution in [2.75, 3.05) is 6.54 Å². The molecule has 1 aliphatic carbocycles. The molecule has 0 aromatic rings. The van der Waals surface area contributed by atoms with E-state index in [2.05, 4.69) is 19.2 Å². The lowest BCUT2D eigenvalue weighted by molar-refractivity contribution is -0.119. The summed E-state index contributed by atoms with van der Waals surface area (Å²) in [4.78, 5) is 11.0. The van der Waals surface area contributed by atoms with Crippen molar-refractivity contribution in [1.82, 2.24) is 5.32 Å². The predicted octanol–water partition coefficient (Wildman–Crippen LogP) is 1.31. The topological polar surface area (TPSA) is 29.1 Å². The van der Waals surface area contributed by atoms with E-state index in [1.807, 2.05) is 0 Å². The number of carbonyl (C=O) groups excluding carboxylic acids is 1. The second-order valence-electron chi connectivity index (χ2n) is 4.57.